The van der Waals surface area contributed by atoms with Gasteiger partial charge in [0.05, 0.1) is 16.3 Å². The van der Waals surface area contributed by atoms with Crippen molar-refractivity contribution in [2.45, 2.75) is 13.5 Å². The Balaban J connectivity index is 1.80. The number of rotatable bonds is 5. The first-order chi connectivity index (χ1) is 12.8. The summed E-state index contributed by atoms with van der Waals surface area (Å²) in [6.07, 6.45) is 1.70. The molecule has 3 rings (SSSR count). The first-order valence-electron chi connectivity index (χ1n) is 7.94. The standard InChI is InChI=1S/C18H15BrN4O4/c1-11(24)20-15-4-2-13(19)9-16(15)21-18(25)10-22-7-6-12-8-14(23(26)27)3-5-17(12)22/h2-9H,10H2,1H3,(H,20,24)(H,21,25). The monoisotopic (exact) mass is 430 g/mol. The highest BCUT2D eigenvalue weighted by Gasteiger charge is 2.13. The van der Waals surface area contributed by atoms with E-state index in [2.05, 4.69) is 26.6 Å². The summed E-state index contributed by atoms with van der Waals surface area (Å²) in [5.41, 5.74) is 1.68. The van der Waals surface area contributed by atoms with E-state index in [0.717, 1.165) is 4.47 Å². The third-order valence-electron chi connectivity index (χ3n) is 3.85. The molecule has 9 heteroatoms. The maximum absolute atomic E-state index is 12.5. The Morgan fingerprint density at radius 2 is 1.89 bits per heavy atom. The first-order valence-corrected chi connectivity index (χ1v) is 8.73. The SMILES string of the molecule is CC(=O)Nc1ccc(Br)cc1NC(=O)Cn1ccc2cc([N+](=O)[O-])ccc21. The zero-order chi connectivity index (χ0) is 19.6. The summed E-state index contributed by atoms with van der Waals surface area (Å²) in [5.74, 6) is -0.540. The van der Waals surface area contributed by atoms with Crippen LogP contribution in [0.2, 0.25) is 0 Å². The summed E-state index contributed by atoms with van der Waals surface area (Å²) in [7, 11) is 0. The molecule has 0 aliphatic rings. The van der Waals surface area contributed by atoms with E-state index in [0.29, 0.717) is 22.3 Å². The lowest BCUT2D eigenvalue weighted by Crippen LogP contribution is -2.19. The lowest BCUT2D eigenvalue weighted by atomic mass is 10.2. The molecule has 0 fully saturated rings. The maximum Gasteiger partial charge on any atom is 0.270 e. The first kappa shape index (κ1) is 18.6. The molecule has 0 spiro atoms. The molecule has 2 amide bonds. The predicted molar refractivity (Wildman–Crippen MR) is 106 cm³/mol. The molecular weight excluding hydrogens is 416 g/mol. The van der Waals surface area contributed by atoms with E-state index in [-0.39, 0.29) is 24.0 Å². The third-order valence-corrected chi connectivity index (χ3v) is 4.34. The van der Waals surface area contributed by atoms with Crippen molar-refractivity contribution in [1.82, 2.24) is 4.57 Å². The normalized spacial score (nSPS) is 10.6. The minimum atomic E-state index is -0.458. The Kier molecular flexibility index (Phi) is 5.22. The molecule has 2 N–H and O–H groups in total. The van der Waals surface area contributed by atoms with Crippen LogP contribution < -0.4 is 10.6 Å². The summed E-state index contributed by atoms with van der Waals surface area (Å²) in [6.45, 7) is 1.41. The number of carbonyl (C=O) groups excluding carboxylic acids is 2. The smallest absolute Gasteiger partial charge is 0.270 e. The Labute approximate surface area is 162 Å². The highest BCUT2D eigenvalue weighted by atomic mass is 79.9. The molecule has 3 aromatic rings. The predicted octanol–water partition coefficient (Wildman–Crippen LogP) is 3.91. The molecule has 0 aliphatic carbocycles. The van der Waals surface area contributed by atoms with Crippen molar-refractivity contribution in [2.24, 2.45) is 0 Å². The van der Waals surface area contributed by atoms with Gasteiger partial charge in [-0.3, -0.25) is 19.7 Å². The van der Waals surface area contributed by atoms with Crippen LogP contribution in [0.15, 0.2) is 53.1 Å². The van der Waals surface area contributed by atoms with Crippen molar-refractivity contribution < 1.29 is 14.5 Å². The molecule has 0 saturated heterocycles. The molecule has 0 saturated carbocycles. The Bertz CT molecular complexity index is 1060. The largest absolute Gasteiger partial charge is 0.338 e. The second-order valence-electron chi connectivity index (χ2n) is 5.86. The number of nitro benzene ring substituents is 1. The van der Waals surface area contributed by atoms with E-state index in [1.165, 1.54) is 19.1 Å². The molecule has 27 heavy (non-hydrogen) atoms. The topological polar surface area (TPSA) is 106 Å². The molecule has 1 heterocycles. The van der Waals surface area contributed by atoms with Crippen LogP contribution in [0.3, 0.4) is 0 Å². The molecule has 8 nitrogen and oxygen atoms in total. The van der Waals surface area contributed by atoms with Crippen LogP contribution >= 0.6 is 15.9 Å². The van der Waals surface area contributed by atoms with Gasteiger partial charge < -0.3 is 15.2 Å². The molecule has 2 aromatic carbocycles. The van der Waals surface area contributed by atoms with E-state index in [1.807, 2.05) is 0 Å². The van der Waals surface area contributed by atoms with E-state index < -0.39 is 4.92 Å². The average molecular weight is 431 g/mol. The van der Waals surface area contributed by atoms with Gasteiger partial charge in [0.25, 0.3) is 5.69 Å². The van der Waals surface area contributed by atoms with Gasteiger partial charge in [0.2, 0.25) is 11.8 Å². The number of amides is 2. The Morgan fingerprint density at radius 1 is 1.11 bits per heavy atom. The zero-order valence-electron chi connectivity index (χ0n) is 14.2. The van der Waals surface area contributed by atoms with Crippen LogP contribution in [0.4, 0.5) is 17.1 Å². The molecule has 0 radical (unpaired) electrons. The van der Waals surface area contributed by atoms with Crippen LogP contribution in [-0.2, 0) is 16.1 Å². The molecule has 0 unspecified atom stereocenters. The Morgan fingerprint density at radius 3 is 2.59 bits per heavy atom. The maximum atomic E-state index is 12.5. The van der Waals surface area contributed by atoms with Crippen LogP contribution in [0.1, 0.15) is 6.92 Å². The number of carbonyl (C=O) groups is 2. The summed E-state index contributed by atoms with van der Waals surface area (Å²) in [4.78, 5) is 34.2. The summed E-state index contributed by atoms with van der Waals surface area (Å²) in [5, 5.41) is 17.0. The lowest BCUT2D eigenvalue weighted by molar-refractivity contribution is -0.384. The molecule has 0 bridgehead atoms. The number of nitro groups is 1. The second-order valence-corrected chi connectivity index (χ2v) is 6.78. The minimum absolute atomic E-state index is 0.00112. The number of hydrogen-bond donors (Lipinski definition) is 2. The lowest BCUT2D eigenvalue weighted by Gasteiger charge is -2.13. The summed E-state index contributed by atoms with van der Waals surface area (Å²) < 4.78 is 2.45. The number of fused-ring (bicyclic) bond motifs is 1. The fraction of sp³-hybridized carbons (Fsp3) is 0.111. The number of non-ortho nitro benzene ring substituents is 1. The van der Waals surface area contributed by atoms with Crippen molar-refractivity contribution in [3.8, 4) is 0 Å². The van der Waals surface area contributed by atoms with Gasteiger partial charge in [0.1, 0.15) is 6.54 Å². The van der Waals surface area contributed by atoms with Crippen molar-refractivity contribution in [2.75, 3.05) is 10.6 Å². The number of benzene rings is 2. The van der Waals surface area contributed by atoms with Gasteiger partial charge in [0.15, 0.2) is 0 Å². The molecule has 138 valence electrons. The number of aromatic nitrogens is 1. The Hall–Kier alpha value is -3.20. The highest BCUT2D eigenvalue weighted by molar-refractivity contribution is 9.10. The highest BCUT2D eigenvalue weighted by Crippen LogP contribution is 2.27. The van der Waals surface area contributed by atoms with Gasteiger partial charge in [-0.25, -0.2) is 0 Å². The molecule has 1 aromatic heterocycles. The van der Waals surface area contributed by atoms with Crippen LogP contribution in [0, 0.1) is 10.1 Å². The third kappa shape index (κ3) is 4.32. The van der Waals surface area contributed by atoms with Crippen molar-refractivity contribution in [1.29, 1.82) is 0 Å². The van der Waals surface area contributed by atoms with E-state index >= 15 is 0 Å². The van der Waals surface area contributed by atoms with E-state index in [1.54, 1.807) is 41.1 Å². The van der Waals surface area contributed by atoms with Crippen LogP contribution in [-0.4, -0.2) is 21.3 Å². The van der Waals surface area contributed by atoms with Gasteiger partial charge >= 0.3 is 0 Å². The van der Waals surface area contributed by atoms with Crippen molar-refractivity contribution in [3.63, 3.8) is 0 Å². The molecule has 0 aliphatic heterocycles. The fourth-order valence-corrected chi connectivity index (χ4v) is 3.06. The number of halogens is 1. The number of nitrogens with one attached hydrogen (secondary N) is 2. The molecule has 0 atom stereocenters. The summed E-state index contributed by atoms with van der Waals surface area (Å²) in [6, 6.07) is 11.3. The van der Waals surface area contributed by atoms with Crippen molar-refractivity contribution in [3.05, 3.63) is 63.2 Å². The second kappa shape index (κ2) is 7.58. The van der Waals surface area contributed by atoms with Crippen molar-refractivity contribution >= 4 is 55.7 Å². The van der Waals surface area contributed by atoms with Gasteiger partial charge in [-0.05, 0) is 30.3 Å². The molecular formula is C18H15BrN4O4. The van der Waals surface area contributed by atoms with Gasteiger partial charge in [-0.1, -0.05) is 15.9 Å². The van der Waals surface area contributed by atoms with E-state index in [9.17, 15) is 19.7 Å². The van der Waals surface area contributed by atoms with E-state index in [4.69, 9.17) is 0 Å². The number of anilines is 2. The van der Waals surface area contributed by atoms with Crippen LogP contribution in [0.5, 0.6) is 0 Å². The number of hydrogen-bond acceptors (Lipinski definition) is 4. The quantitative estimate of drug-likeness (QED) is 0.472. The zero-order valence-corrected chi connectivity index (χ0v) is 15.8. The van der Waals surface area contributed by atoms with Gasteiger partial charge in [-0.15, -0.1) is 0 Å². The number of nitrogens with zero attached hydrogens (tertiary/aromatic N) is 2. The minimum Gasteiger partial charge on any atom is -0.338 e. The fourth-order valence-electron chi connectivity index (χ4n) is 2.70. The average Bonchev–Trinajstić information content (AvgIpc) is 2.99. The van der Waals surface area contributed by atoms with Gasteiger partial charge in [0, 0.05) is 40.6 Å². The van der Waals surface area contributed by atoms with Crippen LogP contribution in [0.25, 0.3) is 10.9 Å². The summed E-state index contributed by atoms with van der Waals surface area (Å²) >= 11 is 3.34. The van der Waals surface area contributed by atoms with Gasteiger partial charge in [-0.2, -0.15) is 0 Å².